The summed E-state index contributed by atoms with van der Waals surface area (Å²) in [5.74, 6) is 0.407. The molecule has 2 aliphatic heterocycles. The molecule has 0 saturated carbocycles. The molecular weight excluding hydrogens is 352 g/mol. The van der Waals surface area contributed by atoms with E-state index in [2.05, 4.69) is 15.5 Å². The molecule has 0 bridgehead atoms. The molecule has 2 aliphatic rings. The lowest BCUT2D eigenvalue weighted by Gasteiger charge is -2.23. The highest BCUT2D eigenvalue weighted by Crippen LogP contribution is 2.23. The van der Waals surface area contributed by atoms with Crippen LogP contribution in [0.4, 0.5) is 10.1 Å². The first kappa shape index (κ1) is 21.0. The lowest BCUT2D eigenvalue weighted by atomic mass is 10.0. The van der Waals surface area contributed by atoms with Crippen LogP contribution in [0.1, 0.15) is 25.7 Å². The molecule has 2 saturated heterocycles. The number of piperidine rings is 1. The summed E-state index contributed by atoms with van der Waals surface area (Å²) in [4.78, 5) is 14.4. The topological polar surface area (TPSA) is 44.4 Å². The van der Waals surface area contributed by atoms with Gasteiger partial charge in [-0.1, -0.05) is 6.42 Å². The molecule has 2 heterocycles. The van der Waals surface area contributed by atoms with Crippen molar-refractivity contribution in [1.29, 1.82) is 0 Å². The second-order valence-corrected chi connectivity index (χ2v) is 6.32. The van der Waals surface area contributed by atoms with Gasteiger partial charge in [-0.15, -0.1) is 24.8 Å². The zero-order valence-electron chi connectivity index (χ0n) is 13.7. The van der Waals surface area contributed by atoms with E-state index in [-0.39, 0.29) is 42.6 Å². The van der Waals surface area contributed by atoms with Gasteiger partial charge in [0, 0.05) is 25.3 Å². The van der Waals surface area contributed by atoms with Crippen LogP contribution in [0.3, 0.4) is 0 Å². The maximum absolute atomic E-state index is 13.0. The maximum Gasteiger partial charge on any atom is 0.237 e. The van der Waals surface area contributed by atoms with Gasteiger partial charge >= 0.3 is 0 Å². The number of carbonyl (C=O) groups is 1. The van der Waals surface area contributed by atoms with Crippen LogP contribution >= 0.6 is 24.8 Å². The van der Waals surface area contributed by atoms with Gasteiger partial charge in [0.15, 0.2) is 0 Å². The molecule has 2 atom stereocenters. The predicted octanol–water partition coefficient (Wildman–Crippen LogP) is 2.75. The van der Waals surface area contributed by atoms with E-state index >= 15 is 0 Å². The van der Waals surface area contributed by atoms with Crippen molar-refractivity contribution in [2.75, 3.05) is 31.1 Å². The average molecular weight is 378 g/mol. The lowest BCUT2D eigenvalue weighted by molar-refractivity contribution is -0.123. The highest BCUT2D eigenvalue weighted by molar-refractivity contribution is 5.85. The number of nitrogens with zero attached hydrogens (tertiary/aromatic N) is 1. The van der Waals surface area contributed by atoms with E-state index in [1.807, 2.05) is 12.1 Å². The molecule has 2 fully saturated rings. The second-order valence-electron chi connectivity index (χ2n) is 6.32. The molecule has 0 aliphatic carbocycles. The van der Waals surface area contributed by atoms with Crippen LogP contribution in [0.2, 0.25) is 0 Å². The average Bonchev–Trinajstić information content (AvgIpc) is 3.03. The van der Waals surface area contributed by atoms with E-state index in [1.54, 1.807) is 0 Å². The quantitative estimate of drug-likeness (QED) is 0.847. The highest BCUT2D eigenvalue weighted by atomic mass is 35.5. The van der Waals surface area contributed by atoms with Gasteiger partial charge < -0.3 is 15.5 Å². The Morgan fingerprint density at radius 3 is 2.62 bits per heavy atom. The molecular formula is C17H26Cl2FN3O. The fourth-order valence-corrected chi connectivity index (χ4v) is 3.33. The van der Waals surface area contributed by atoms with Gasteiger partial charge in [0.2, 0.25) is 5.91 Å². The first-order valence-electron chi connectivity index (χ1n) is 8.24. The maximum atomic E-state index is 13.0. The molecule has 136 valence electrons. The van der Waals surface area contributed by atoms with E-state index in [0.29, 0.717) is 5.92 Å². The minimum atomic E-state index is -0.202. The van der Waals surface area contributed by atoms with Crippen LogP contribution in [-0.4, -0.2) is 38.1 Å². The molecule has 7 heteroatoms. The first-order valence-corrected chi connectivity index (χ1v) is 8.24. The molecule has 1 aromatic carbocycles. The lowest BCUT2D eigenvalue weighted by Crippen LogP contribution is -2.47. The third-order valence-electron chi connectivity index (χ3n) is 4.67. The largest absolute Gasteiger partial charge is 0.371 e. The van der Waals surface area contributed by atoms with Gasteiger partial charge in [-0.25, -0.2) is 4.39 Å². The summed E-state index contributed by atoms with van der Waals surface area (Å²) in [6.07, 6.45) is 4.31. The Labute approximate surface area is 155 Å². The van der Waals surface area contributed by atoms with Crippen LogP contribution in [0, 0.1) is 11.7 Å². The van der Waals surface area contributed by atoms with Crippen molar-refractivity contribution in [3.8, 4) is 0 Å². The fourth-order valence-electron chi connectivity index (χ4n) is 3.33. The number of hydrogen-bond acceptors (Lipinski definition) is 3. The zero-order valence-corrected chi connectivity index (χ0v) is 15.3. The van der Waals surface area contributed by atoms with Gasteiger partial charge in [-0.2, -0.15) is 0 Å². The predicted molar refractivity (Wildman–Crippen MR) is 99.9 cm³/mol. The smallest absolute Gasteiger partial charge is 0.237 e. The van der Waals surface area contributed by atoms with Crippen LogP contribution in [0.25, 0.3) is 0 Å². The van der Waals surface area contributed by atoms with Gasteiger partial charge in [-0.3, -0.25) is 4.79 Å². The SMILES string of the molecule is Cl.Cl.O=C(NCC1CCN(c2ccc(F)cc2)C1)[C@H]1CCCCN1. The Hall–Kier alpha value is -1.04. The summed E-state index contributed by atoms with van der Waals surface area (Å²) >= 11 is 0. The Bertz CT molecular complexity index is 509. The third kappa shape index (κ3) is 5.50. The second kappa shape index (κ2) is 10.1. The standard InChI is InChI=1S/C17H24FN3O.2ClH/c18-14-4-6-15(7-5-14)21-10-8-13(12-21)11-20-17(22)16-3-1-2-9-19-16;;/h4-7,13,16,19H,1-3,8-12H2,(H,20,22);2*1H/t13?,16-;;/m1../s1. The van der Waals surface area contributed by atoms with Gasteiger partial charge in [-0.05, 0) is 56.0 Å². The van der Waals surface area contributed by atoms with Crippen molar-refractivity contribution in [2.24, 2.45) is 5.92 Å². The summed E-state index contributed by atoms with van der Waals surface area (Å²) in [5.41, 5.74) is 1.06. The van der Waals surface area contributed by atoms with E-state index in [0.717, 1.165) is 51.1 Å². The summed E-state index contributed by atoms with van der Waals surface area (Å²) < 4.78 is 13.0. The van der Waals surface area contributed by atoms with Crippen molar-refractivity contribution >= 4 is 36.4 Å². The summed E-state index contributed by atoms with van der Waals surface area (Å²) in [5, 5.41) is 6.36. The molecule has 3 rings (SSSR count). The van der Waals surface area contributed by atoms with E-state index in [1.165, 1.54) is 18.6 Å². The Balaban J connectivity index is 0.00000144. The summed E-state index contributed by atoms with van der Waals surface area (Å²) in [6, 6.07) is 6.63. The number of anilines is 1. The van der Waals surface area contributed by atoms with Gasteiger partial charge in [0.05, 0.1) is 6.04 Å². The number of nitrogens with one attached hydrogen (secondary N) is 2. The molecule has 24 heavy (non-hydrogen) atoms. The highest BCUT2D eigenvalue weighted by Gasteiger charge is 2.25. The molecule has 2 N–H and O–H groups in total. The van der Waals surface area contributed by atoms with Crippen molar-refractivity contribution in [1.82, 2.24) is 10.6 Å². The molecule has 1 unspecified atom stereocenters. The number of hydrogen-bond donors (Lipinski definition) is 2. The van der Waals surface area contributed by atoms with Crippen molar-refractivity contribution < 1.29 is 9.18 Å². The molecule has 0 spiro atoms. The van der Waals surface area contributed by atoms with E-state index in [4.69, 9.17) is 0 Å². The Kier molecular flexibility index (Phi) is 8.81. The number of amides is 1. The normalized spacial score (nSPS) is 23.1. The first-order chi connectivity index (χ1) is 10.7. The van der Waals surface area contributed by atoms with E-state index in [9.17, 15) is 9.18 Å². The van der Waals surface area contributed by atoms with E-state index < -0.39 is 0 Å². The van der Waals surface area contributed by atoms with Crippen molar-refractivity contribution in [2.45, 2.75) is 31.7 Å². The van der Waals surface area contributed by atoms with Crippen molar-refractivity contribution in [3.63, 3.8) is 0 Å². The van der Waals surface area contributed by atoms with Gasteiger partial charge in [0.1, 0.15) is 5.82 Å². The molecule has 1 aromatic rings. The molecule has 0 aromatic heterocycles. The summed E-state index contributed by atoms with van der Waals surface area (Å²) in [7, 11) is 0. The van der Waals surface area contributed by atoms with Crippen LogP contribution in [0.5, 0.6) is 0 Å². The fraction of sp³-hybridized carbons (Fsp3) is 0.588. The third-order valence-corrected chi connectivity index (χ3v) is 4.67. The number of benzene rings is 1. The molecule has 1 amide bonds. The minimum Gasteiger partial charge on any atom is -0.371 e. The molecule has 4 nitrogen and oxygen atoms in total. The van der Waals surface area contributed by atoms with Crippen LogP contribution in [-0.2, 0) is 4.79 Å². The molecule has 0 radical (unpaired) electrons. The van der Waals surface area contributed by atoms with Crippen molar-refractivity contribution in [3.05, 3.63) is 30.1 Å². The zero-order chi connectivity index (χ0) is 15.4. The van der Waals surface area contributed by atoms with Gasteiger partial charge in [0.25, 0.3) is 0 Å². The Morgan fingerprint density at radius 1 is 1.21 bits per heavy atom. The number of carbonyl (C=O) groups excluding carboxylic acids is 1. The number of halogens is 3. The monoisotopic (exact) mass is 377 g/mol. The van der Waals surface area contributed by atoms with Crippen LogP contribution < -0.4 is 15.5 Å². The Morgan fingerprint density at radius 2 is 1.96 bits per heavy atom. The minimum absolute atomic E-state index is 0. The van der Waals surface area contributed by atoms with Crippen LogP contribution in [0.15, 0.2) is 24.3 Å². The summed E-state index contributed by atoms with van der Waals surface area (Å²) in [6.45, 7) is 3.56. The number of rotatable bonds is 4.